The van der Waals surface area contributed by atoms with Gasteiger partial charge in [-0.3, -0.25) is 0 Å². The SMILES string of the molecule is CCn1c(C)cc(C(=O)OCc2nc(-c3cccc(Br)c3)no2)c1C. The molecule has 0 aliphatic heterocycles. The first-order chi connectivity index (χ1) is 12.0. The zero-order valence-electron chi connectivity index (χ0n) is 14.2. The number of nitrogens with zero attached hydrogens (tertiary/aromatic N) is 3. The van der Waals surface area contributed by atoms with Gasteiger partial charge in [0.15, 0.2) is 6.61 Å². The van der Waals surface area contributed by atoms with Crippen LogP contribution in [0.4, 0.5) is 0 Å². The number of ether oxygens (including phenoxy) is 1. The van der Waals surface area contributed by atoms with Crippen molar-refractivity contribution in [2.24, 2.45) is 0 Å². The Labute approximate surface area is 153 Å². The van der Waals surface area contributed by atoms with E-state index in [-0.39, 0.29) is 12.5 Å². The van der Waals surface area contributed by atoms with Crippen molar-refractivity contribution in [2.75, 3.05) is 0 Å². The number of esters is 1. The number of hydrogen-bond acceptors (Lipinski definition) is 5. The fraction of sp³-hybridized carbons (Fsp3) is 0.278. The van der Waals surface area contributed by atoms with Crippen molar-refractivity contribution < 1.29 is 14.1 Å². The minimum Gasteiger partial charge on any atom is -0.452 e. The lowest BCUT2D eigenvalue weighted by molar-refractivity contribution is 0.0429. The van der Waals surface area contributed by atoms with Crippen LogP contribution in [0.25, 0.3) is 11.4 Å². The highest BCUT2D eigenvalue weighted by Crippen LogP contribution is 2.21. The summed E-state index contributed by atoms with van der Waals surface area (Å²) in [5.74, 6) is 0.319. The lowest BCUT2D eigenvalue weighted by atomic mass is 10.2. The van der Waals surface area contributed by atoms with Crippen LogP contribution in [-0.2, 0) is 17.9 Å². The number of benzene rings is 1. The molecule has 0 aliphatic carbocycles. The normalized spacial score (nSPS) is 10.9. The molecular weight excluding hydrogens is 386 g/mol. The molecule has 0 saturated carbocycles. The number of aromatic nitrogens is 3. The summed E-state index contributed by atoms with van der Waals surface area (Å²) in [4.78, 5) is 16.6. The van der Waals surface area contributed by atoms with Gasteiger partial charge in [0.2, 0.25) is 5.82 Å². The zero-order chi connectivity index (χ0) is 18.0. The van der Waals surface area contributed by atoms with Gasteiger partial charge in [0.1, 0.15) is 0 Å². The third kappa shape index (κ3) is 3.66. The van der Waals surface area contributed by atoms with Crippen LogP contribution in [-0.4, -0.2) is 20.7 Å². The van der Waals surface area contributed by atoms with Crippen molar-refractivity contribution in [3.05, 3.63) is 57.6 Å². The van der Waals surface area contributed by atoms with Gasteiger partial charge in [-0.15, -0.1) is 0 Å². The Morgan fingerprint density at radius 2 is 2.12 bits per heavy atom. The third-order valence-corrected chi connectivity index (χ3v) is 4.48. The predicted molar refractivity (Wildman–Crippen MR) is 96.1 cm³/mol. The molecule has 1 aromatic carbocycles. The van der Waals surface area contributed by atoms with Crippen LogP contribution in [0, 0.1) is 13.8 Å². The van der Waals surface area contributed by atoms with Crippen LogP contribution in [0.15, 0.2) is 39.3 Å². The van der Waals surface area contributed by atoms with E-state index in [1.165, 1.54) is 0 Å². The standard InChI is InChI=1S/C18H18BrN3O3/c1-4-22-11(2)8-15(12(22)3)18(23)24-10-16-20-17(21-25-16)13-6-5-7-14(19)9-13/h5-9H,4,10H2,1-3H3. The van der Waals surface area contributed by atoms with Crippen LogP contribution in [0.2, 0.25) is 0 Å². The van der Waals surface area contributed by atoms with Gasteiger partial charge in [-0.1, -0.05) is 33.2 Å². The summed E-state index contributed by atoms with van der Waals surface area (Å²) >= 11 is 3.40. The van der Waals surface area contributed by atoms with E-state index >= 15 is 0 Å². The number of aryl methyl sites for hydroxylation is 1. The number of rotatable bonds is 5. The summed E-state index contributed by atoms with van der Waals surface area (Å²) in [6, 6.07) is 9.41. The van der Waals surface area contributed by atoms with Crippen molar-refractivity contribution in [2.45, 2.75) is 33.9 Å². The van der Waals surface area contributed by atoms with Crippen molar-refractivity contribution in [3.8, 4) is 11.4 Å². The Balaban J connectivity index is 1.69. The molecule has 0 unspecified atom stereocenters. The van der Waals surface area contributed by atoms with E-state index in [0.717, 1.165) is 28.0 Å². The Morgan fingerprint density at radius 3 is 2.80 bits per heavy atom. The van der Waals surface area contributed by atoms with Gasteiger partial charge in [0.05, 0.1) is 5.56 Å². The quantitative estimate of drug-likeness (QED) is 0.594. The van der Waals surface area contributed by atoms with E-state index in [4.69, 9.17) is 9.26 Å². The topological polar surface area (TPSA) is 70.2 Å². The molecule has 130 valence electrons. The lowest BCUT2D eigenvalue weighted by Crippen LogP contribution is -2.07. The number of carbonyl (C=O) groups excluding carboxylic acids is 1. The van der Waals surface area contributed by atoms with Crippen LogP contribution in [0.5, 0.6) is 0 Å². The van der Waals surface area contributed by atoms with Gasteiger partial charge in [-0.05, 0) is 39.0 Å². The average Bonchev–Trinajstić information content (AvgIpc) is 3.17. The molecule has 0 atom stereocenters. The molecule has 3 aromatic rings. The van der Waals surface area contributed by atoms with Gasteiger partial charge < -0.3 is 13.8 Å². The van der Waals surface area contributed by atoms with Crippen LogP contribution < -0.4 is 0 Å². The minimum atomic E-state index is -0.394. The summed E-state index contributed by atoms with van der Waals surface area (Å²) in [7, 11) is 0. The average molecular weight is 404 g/mol. The van der Waals surface area contributed by atoms with E-state index < -0.39 is 5.97 Å². The molecule has 7 heteroatoms. The predicted octanol–water partition coefficient (Wildman–Crippen LogP) is 4.29. The van der Waals surface area contributed by atoms with Gasteiger partial charge in [-0.2, -0.15) is 4.98 Å². The molecule has 0 radical (unpaired) electrons. The third-order valence-electron chi connectivity index (χ3n) is 3.99. The molecule has 6 nitrogen and oxygen atoms in total. The van der Waals surface area contributed by atoms with E-state index in [1.807, 2.05) is 51.1 Å². The first-order valence-corrected chi connectivity index (χ1v) is 8.71. The van der Waals surface area contributed by atoms with Crippen LogP contribution in [0.3, 0.4) is 0 Å². The summed E-state index contributed by atoms with van der Waals surface area (Å²) in [6.07, 6.45) is 0. The highest BCUT2D eigenvalue weighted by Gasteiger charge is 2.18. The van der Waals surface area contributed by atoms with Gasteiger partial charge >= 0.3 is 5.97 Å². The maximum atomic E-state index is 12.3. The molecule has 0 bridgehead atoms. The van der Waals surface area contributed by atoms with Gasteiger partial charge in [0, 0.05) is 28.0 Å². The van der Waals surface area contributed by atoms with Gasteiger partial charge in [-0.25, -0.2) is 4.79 Å². The van der Waals surface area contributed by atoms with Gasteiger partial charge in [0.25, 0.3) is 5.89 Å². The maximum absolute atomic E-state index is 12.3. The molecule has 0 amide bonds. The zero-order valence-corrected chi connectivity index (χ0v) is 15.8. The second-order valence-electron chi connectivity index (χ2n) is 5.63. The van der Waals surface area contributed by atoms with Crippen molar-refractivity contribution in [1.82, 2.24) is 14.7 Å². The van der Waals surface area contributed by atoms with E-state index in [2.05, 4.69) is 30.6 Å². The second kappa shape index (κ2) is 7.23. The summed E-state index contributed by atoms with van der Waals surface area (Å²) in [6.45, 7) is 6.66. The molecule has 0 N–H and O–H groups in total. The minimum absolute atomic E-state index is 0.0599. The largest absolute Gasteiger partial charge is 0.452 e. The first-order valence-electron chi connectivity index (χ1n) is 7.92. The van der Waals surface area contributed by atoms with E-state index in [9.17, 15) is 4.79 Å². The molecule has 0 spiro atoms. The number of hydrogen-bond donors (Lipinski definition) is 0. The Morgan fingerprint density at radius 1 is 1.32 bits per heavy atom. The molecule has 0 saturated heterocycles. The molecule has 2 heterocycles. The fourth-order valence-corrected chi connectivity index (χ4v) is 3.16. The molecule has 2 aromatic heterocycles. The lowest BCUT2D eigenvalue weighted by Gasteiger charge is -2.05. The van der Waals surface area contributed by atoms with Crippen molar-refractivity contribution in [1.29, 1.82) is 0 Å². The Kier molecular flexibility index (Phi) is 5.03. The summed E-state index contributed by atoms with van der Waals surface area (Å²) in [5, 5.41) is 3.92. The Bertz CT molecular complexity index is 914. The van der Waals surface area contributed by atoms with E-state index in [0.29, 0.717) is 11.4 Å². The molecule has 25 heavy (non-hydrogen) atoms. The van der Waals surface area contributed by atoms with Crippen LogP contribution in [0.1, 0.15) is 34.6 Å². The molecule has 0 aliphatic rings. The first kappa shape index (κ1) is 17.4. The summed E-state index contributed by atoms with van der Waals surface area (Å²) in [5.41, 5.74) is 3.31. The molecular formula is C18H18BrN3O3. The fourth-order valence-electron chi connectivity index (χ4n) is 2.76. The smallest absolute Gasteiger partial charge is 0.340 e. The van der Waals surface area contributed by atoms with Crippen LogP contribution >= 0.6 is 15.9 Å². The number of carbonyl (C=O) groups is 1. The summed E-state index contributed by atoms with van der Waals surface area (Å²) < 4.78 is 13.5. The highest BCUT2D eigenvalue weighted by atomic mass is 79.9. The van der Waals surface area contributed by atoms with Crippen molar-refractivity contribution >= 4 is 21.9 Å². The number of halogens is 1. The van der Waals surface area contributed by atoms with Crippen molar-refractivity contribution in [3.63, 3.8) is 0 Å². The van der Waals surface area contributed by atoms with E-state index in [1.54, 1.807) is 0 Å². The highest BCUT2D eigenvalue weighted by molar-refractivity contribution is 9.10. The monoisotopic (exact) mass is 403 g/mol. The Hall–Kier alpha value is -2.41. The molecule has 3 rings (SSSR count). The molecule has 0 fully saturated rings. The maximum Gasteiger partial charge on any atom is 0.340 e. The second-order valence-corrected chi connectivity index (χ2v) is 6.54.